The molecule has 1 amide bonds. The number of hydrazone groups is 1. The van der Waals surface area contributed by atoms with Gasteiger partial charge in [-0.05, 0) is 30.2 Å². The fraction of sp³-hybridized carbons (Fsp3) is 0.125. The maximum atomic E-state index is 11.9. The highest BCUT2D eigenvalue weighted by Gasteiger charge is 2.07. The molecule has 0 unspecified atom stereocenters. The summed E-state index contributed by atoms with van der Waals surface area (Å²) in [5.74, 6) is -0.282. The van der Waals surface area contributed by atoms with Gasteiger partial charge in [0.25, 0.3) is 5.69 Å². The molecule has 118 valence electrons. The van der Waals surface area contributed by atoms with Crippen LogP contribution in [-0.4, -0.2) is 16.5 Å². The van der Waals surface area contributed by atoms with Crippen molar-refractivity contribution in [1.82, 2.24) is 5.43 Å². The van der Waals surface area contributed by atoms with Crippen LogP contribution in [0, 0.1) is 10.1 Å². The van der Waals surface area contributed by atoms with Crippen molar-refractivity contribution >= 4 is 33.2 Å². The van der Waals surface area contributed by atoms with Crippen LogP contribution in [0.2, 0.25) is 0 Å². The molecule has 0 aliphatic carbocycles. The molecule has 0 aliphatic heterocycles. The summed E-state index contributed by atoms with van der Waals surface area (Å²) in [7, 11) is 0. The van der Waals surface area contributed by atoms with Gasteiger partial charge in [0, 0.05) is 16.6 Å². The number of nitro groups is 1. The van der Waals surface area contributed by atoms with Gasteiger partial charge in [-0.15, -0.1) is 0 Å². The second-order valence-corrected chi connectivity index (χ2v) is 5.76. The zero-order valence-corrected chi connectivity index (χ0v) is 13.9. The van der Waals surface area contributed by atoms with Gasteiger partial charge in [0.1, 0.15) is 0 Å². The molecule has 6 nitrogen and oxygen atoms in total. The van der Waals surface area contributed by atoms with Gasteiger partial charge >= 0.3 is 0 Å². The Morgan fingerprint density at radius 3 is 2.35 bits per heavy atom. The number of carbonyl (C=O) groups excluding carboxylic acids is 1. The average Bonchev–Trinajstić information content (AvgIpc) is 2.54. The van der Waals surface area contributed by atoms with Gasteiger partial charge < -0.3 is 0 Å². The summed E-state index contributed by atoms with van der Waals surface area (Å²) >= 11 is 3.36. The Morgan fingerprint density at radius 1 is 1.17 bits per heavy atom. The molecule has 0 saturated carbocycles. The van der Waals surface area contributed by atoms with E-state index in [0.29, 0.717) is 11.3 Å². The van der Waals surface area contributed by atoms with E-state index < -0.39 is 4.92 Å². The highest BCUT2D eigenvalue weighted by atomic mass is 79.9. The number of nitrogens with one attached hydrogen (secondary N) is 1. The Morgan fingerprint density at radius 2 is 1.78 bits per heavy atom. The number of carbonyl (C=O) groups is 1. The molecule has 0 atom stereocenters. The number of hydrogen-bond donors (Lipinski definition) is 1. The van der Waals surface area contributed by atoms with E-state index in [1.807, 2.05) is 24.3 Å². The average molecular weight is 376 g/mol. The smallest absolute Gasteiger partial charge is 0.269 e. The quantitative estimate of drug-likeness (QED) is 0.493. The number of nitro benzene ring substituents is 1. The first-order valence-electron chi connectivity index (χ1n) is 6.78. The van der Waals surface area contributed by atoms with Crippen molar-refractivity contribution in [3.05, 3.63) is 74.2 Å². The summed E-state index contributed by atoms with van der Waals surface area (Å²) in [4.78, 5) is 22.0. The Bertz CT molecular complexity index is 740. The summed E-state index contributed by atoms with van der Waals surface area (Å²) in [6.07, 6.45) is 0.106. The predicted molar refractivity (Wildman–Crippen MR) is 91.3 cm³/mol. The van der Waals surface area contributed by atoms with Crippen LogP contribution in [0.5, 0.6) is 0 Å². The normalized spacial score (nSPS) is 11.1. The summed E-state index contributed by atoms with van der Waals surface area (Å²) in [5, 5.41) is 14.6. The molecule has 0 bridgehead atoms. The second kappa shape index (κ2) is 7.64. The minimum Gasteiger partial charge on any atom is -0.273 e. The van der Waals surface area contributed by atoms with E-state index in [2.05, 4.69) is 26.5 Å². The van der Waals surface area contributed by atoms with Crippen molar-refractivity contribution in [2.24, 2.45) is 5.10 Å². The van der Waals surface area contributed by atoms with Gasteiger partial charge in [0.15, 0.2) is 0 Å². The molecule has 23 heavy (non-hydrogen) atoms. The van der Waals surface area contributed by atoms with Crippen molar-refractivity contribution in [2.45, 2.75) is 13.3 Å². The maximum Gasteiger partial charge on any atom is 0.269 e. The van der Waals surface area contributed by atoms with Crippen molar-refractivity contribution in [3.8, 4) is 0 Å². The summed E-state index contributed by atoms with van der Waals surface area (Å²) in [6.45, 7) is 1.80. The number of amides is 1. The van der Waals surface area contributed by atoms with Crippen LogP contribution in [0.15, 0.2) is 58.1 Å². The van der Waals surface area contributed by atoms with Gasteiger partial charge in [-0.2, -0.15) is 5.10 Å². The number of hydrogen-bond acceptors (Lipinski definition) is 4. The molecule has 0 fully saturated rings. The third kappa shape index (κ3) is 5.00. The van der Waals surface area contributed by atoms with Gasteiger partial charge in [0.2, 0.25) is 5.91 Å². The van der Waals surface area contributed by atoms with Crippen LogP contribution in [0.4, 0.5) is 5.69 Å². The number of benzene rings is 2. The molecule has 0 radical (unpaired) electrons. The molecular formula is C16H14BrN3O3. The number of rotatable bonds is 5. The lowest BCUT2D eigenvalue weighted by Crippen LogP contribution is -2.21. The topological polar surface area (TPSA) is 84.6 Å². The Labute approximate surface area is 141 Å². The van der Waals surface area contributed by atoms with Gasteiger partial charge in [-0.3, -0.25) is 14.9 Å². The van der Waals surface area contributed by atoms with E-state index >= 15 is 0 Å². The van der Waals surface area contributed by atoms with E-state index in [4.69, 9.17) is 0 Å². The summed E-state index contributed by atoms with van der Waals surface area (Å²) in [6, 6.07) is 13.4. The third-order valence-electron chi connectivity index (χ3n) is 3.12. The fourth-order valence-corrected chi connectivity index (χ4v) is 2.13. The lowest BCUT2D eigenvalue weighted by molar-refractivity contribution is -0.384. The largest absolute Gasteiger partial charge is 0.273 e. The minimum atomic E-state index is -0.476. The van der Waals surface area contributed by atoms with Crippen molar-refractivity contribution in [1.29, 1.82) is 0 Å². The van der Waals surface area contributed by atoms with Gasteiger partial charge in [-0.25, -0.2) is 5.43 Å². The van der Waals surface area contributed by atoms with E-state index in [-0.39, 0.29) is 18.0 Å². The molecule has 1 N–H and O–H groups in total. The standard InChI is InChI=1S/C16H14BrN3O3/c1-11(13-4-6-14(17)7-5-13)18-19-16(21)10-12-2-8-15(9-3-12)20(22)23/h2-9H,10H2,1H3,(H,19,21)/b18-11+. The van der Waals surface area contributed by atoms with Crippen LogP contribution < -0.4 is 5.43 Å². The Hall–Kier alpha value is -2.54. The predicted octanol–water partition coefficient (Wildman–Crippen LogP) is 3.44. The lowest BCUT2D eigenvalue weighted by atomic mass is 10.1. The third-order valence-corrected chi connectivity index (χ3v) is 3.65. The highest BCUT2D eigenvalue weighted by molar-refractivity contribution is 9.10. The number of non-ortho nitro benzene ring substituents is 1. The number of halogens is 1. The molecular weight excluding hydrogens is 362 g/mol. The van der Waals surface area contributed by atoms with Crippen LogP contribution >= 0.6 is 15.9 Å². The zero-order valence-electron chi connectivity index (χ0n) is 12.3. The first-order valence-corrected chi connectivity index (χ1v) is 7.57. The van der Waals surface area contributed by atoms with E-state index in [1.165, 1.54) is 12.1 Å². The molecule has 0 aromatic heterocycles. The summed E-state index contributed by atoms with van der Waals surface area (Å²) in [5.41, 5.74) is 4.76. The Kier molecular flexibility index (Phi) is 5.59. The van der Waals surface area contributed by atoms with Gasteiger partial charge in [0.05, 0.1) is 17.1 Å². The molecule has 0 saturated heterocycles. The molecule has 7 heteroatoms. The lowest BCUT2D eigenvalue weighted by Gasteiger charge is -2.03. The number of nitrogens with zero attached hydrogens (tertiary/aromatic N) is 2. The van der Waals surface area contributed by atoms with E-state index in [0.717, 1.165) is 10.0 Å². The highest BCUT2D eigenvalue weighted by Crippen LogP contribution is 2.13. The maximum absolute atomic E-state index is 11.9. The van der Waals surface area contributed by atoms with E-state index in [9.17, 15) is 14.9 Å². The van der Waals surface area contributed by atoms with E-state index in [1.54, 1.807) is 19.1 Å². The van der Waals surface area contributed by atoms with Crippen LogP contribution in [-0.2, 0) is 11.2 Å². The van der Waals surface area contributed by atoms with Crippen molar-refractivity contribution in [2.75, 3.05) is 0 Å². The molecule has 0 aliphatic rings. The molecule has 0 heterocycles. The van der Waals surface area contributed by atoms with Crippen LogP contribution in [0.1, 0.15) is 18.1 Å². The second-order valence-electron chi connectivity index (χ2n) is 4.84. The molecule has 2 aromatic rings. The van der Waals surface area contributed by atoms with Crippen molar-refractivity contribution in [3.63, 3.8) is 0 Å². The van der Waals surface area contributed by atoms with Gasteiger partial charge in [-0.1, -0.05) is 40.2 Å². The van der Waals surface area contributed by atoms with Crippen LogP contribution in [0.3, 0.4) is 0 Å². The molecule has 0 spiro atoms. The monoisotopic (exact) mass is 375 g/mol. The first-order chi connectivity index (χ1) is 11.0. The van der Waals surface area contributed by atoms with Crippen LogP contribution in [0.25, 0.3) is 0 Å². The zero-order chi connectivity index (χ0) is 16.8. The SMILES string of the molecule is C/C(=N\NC(=O)Cc1ccc([N+](=O)[O-])cc1)c1ccc(Br)cc1. The minimum absolute atomic E-state index is 0.00161. The fourth-order valence-electron chi connectivity index (χ4n) is 1.86. The molecule has 2 aromatic carbocycles. The molecule has 2 rings (SSSR count). The Balaban J connectivity index is 1.95. The first kappa shape index (κ1) is 16.8. The van der Waals surface area contributed by atoms with Crippen molar-refractivity contribution < 1.29 is 9.72 Å². The summed E-state index contributed by atoms with van der Waals surface area (Å²) < 4.78 is 0.969.